The van der Waals surface area contributed by atoms with Gasteiger partial charge in [0.15, 0.2) is 4.96 Å². The van der Waals surface area contributed by atoms with Crippen molar-refractivity contribution in [3.05, 3.63) is 98.8 Å². The van der Waals surface area contributed by atoms with Crippen LogP contribution in [-0.4, -0.2) is 30.1 Å². The van der Waals surface area contributed by atoms with Gasteiger partial charge in [-0.25, -0.2) is 9.67 Å². The van der Waals surface area contributed by atoms with Gasteiger partial charge in [-0.3, -0.25) is 19.0 Å². The Morgan fingerprint density at radius 2 is 1.81 bits per heavy atom. The number of carbonyl (C=O) groups excluding carboxylic acids is 1. The van der Waals surface area contributed by atoms with Crippen LogP contribution in [-0.2, 0) is 17.8 Å². The molecule has 0 saturated heterocycles. The molecule has 0 aliphatic carbocycles. The van der Waals surface area contributed by atoms with E-state index in [4.69, 9.17) is 5.10 Å². The molecule has 0 saturated carbocycles. The fraction of sp³-hybridized carbons (Fsp3) is 0.250. The summed E-state index contributed by atoms with van der Waals surface area (Å²) in [4.78, 5) is 35.6. The van der Waals surface area contributed by atoms with Crippen molar-refractivity contribution in [2.75, 3.05) is 0 Å². The number of fused-ring (bicyclic) bond motifs is 1. The highest BCUT2D eigenvalue weighted by Crippen LogP contribution is 2.24. The van der Waals surface area contributed by atoms with Gasteiger partial charge in [-0.2, -0.15) is 5.10 Å². The van der Waals surface area contributed by atoms with E-state index in [2.05, 4.69) is 41.3 Å². The number of aromatic nitrogens is 5. The lowest BCUT2D eigenvalue weighted by Crippen LogP contribution is -2.27. The van der Waals surface area contributed by atoms with E-state index in [1.54, 1.807) is 12.4 Å². The SMILES string of the molecule is Cc1nc2scc(CC(=O)NCc3ccncc3)n2c(=O)c1-c1cc(C)n(-c2ccc(C(C)C)cc2)n1. The van der Waals surface area contributed by atoms with Crippen molar-refractivity contribution in [3.8, 4) is 16.9 Å². The third-order valence-corrected chi connectivity index (χ3v) is 7.22. The van der Waals surface area contributed by atoms with E-state index in [1.165, 1.54) is 21.3 Å². The van der Waals surface area contributed by atoms with Crippen LogP contribution in [0.25, 0.3) is 21.9 Å². The van der Waals surface area contributed by atoms with Gasteiger partial charge in [0.1, 0.15) is 5.69 Å². The predicted molar refractivity (Wildman–Crippen MR) is 145 cm³/mol. The molecule has 188 valence electrons. The maximum Gasteiger partial charge on any atom is 0.268 e. The molecule has 1 amide bonds. The van der Waals surface area contributed by atoms with E-state index in [0.29, 0.717) is 40.1 Å². The van der Waals surface area contributed by atoms with Gasteiger partial charge in [0.05, 0.1) is 23.4 Å². The first kappa shape index (κ1) is 24.6. The van der Waals surface area contributed by atoms with E-state index in [-0.39, 0.29) is 17.9 Å². The minimum Gasteiger partial charge on any atom is -0.352 e. The number of benzene rings is 1. The van der Waals surface area contributed by atoms with Gasteiger partial charge in [-0.05, 0) is 61.2 Å². The summed E-state index contributed by atoms with van der Waals surface area (Å²) in [5.74, 6) is 0.275. The Morgan fingerprint density at radius 3 is 2.51 bits per heavy atom. The standard InChI is InChI=1S/C28H28N6O2S/c1-17(2)21-5-7-22(8-6-21)34-18(3)13-24(32-34)26-19(4)31-28-33(27(26)36)23(16-37-28)14-25(35)30-15-20-9-11-29-12-10-20/h5-13,16-17H,14-15H2,1-4H3,(H,30,35). The maximum atomic E-state index is 13.7. The molecule has 4 heterocycles. The number of aryl methyl sites for hydroxylation is 2. The lowest BCUT2D eigenvalue weighted by Gasteiger charge is -2.08. The van der Waals surface area contributed by atoms with Crippen LogP contribution in [0.5, 0.6) is 0 Å². The molecule has 5 aromatic rings. The molecule has 8 nitrogen and oxygen atoms in total. The van der Waals surface area contributed by atoms with E-state index in [9.17, 15) is 9.59 Å². The zero-order chi connectivity index (χ0) is 26.1. The van der Waals surface area contributed by atoms with Gasteiger partial charge < -0.3 is 5.32 Å². The van der Waals surface area contributed by atoms with Crippen molar-refractivity contribution in [2.45, 2.75) is 46.6 Å². The molecule has 4 aromatic heterocycles. The number of hydrogen-bond acceptors (Lipinski definition) is 6. The number of rotatable bonds is 7. The van der Waals surface area contributed by atoms with Crippen LogP contribution in [0.4, 0.5) is 0 Å². The molecule has 37 heavy (non-hydrogen) atoms. The summed E-state index contributed by atoms with van der Waals surface area (Å²) < 4.78 is 3.37. The molecular formula is C28H28N6O2S. The fourth-order valence-corrected chi connectivity index (χ4v) is 5.24. The zero-order valence-corrected chi connectivity index (χ0v) is 22.0. The predicted octanol–water partition coefficient (Wildman–Crippen LogP) is 4.60. The van der Waals surface area contributed by atoms with E-state index in [0.717, 1.165) is 16.9 Å². The van der Waals surface area contributed by atoms with Crippen molar-refractivity contribution >= 4 is 22.2 Å². The van der Waals surface area contributed by atoms with Crippen LogP contribution in [0.2, 0.25) is 0 Å². The molecule has 1 aromatic carbocycles. The Bertz CT molecular complexity index is 1630. The molecule has 0 aliphatic heterocycles. The van der Waals surface area contributed by atoms with E-state index in [1.807, 2.05) is 54.2 Å². The second-order valence-electron chi connectivity index (χ2n) is 9.36. The summed E-state index contributed by atoms with van der Waals surface area (Å²) in [6, 6.07) is 13.9. The molecule has 1 N–H and O–H groups in total. The lowest BCUT2D eigenvalue weighted by molar-refractivity contribution is -0.120. The molecule has 0 aliphatic rings. The molecule has 5 rings (SSSR count). The topological polar surface area (TPSA) is 94.2 Å². The highest BCUT2D eigenvalue weighted by atomic mass is 32.1. The average molecular weight is 513 g/mol. The Kier molecular flexibility index (Phi) is 6.71. The van der Waals surface area contributed by atoms with Crippen molar-refractivity contribution in [1.82, 2.24) is 29.5 Å². The van der Waals surface area contributed by atoms with Gasteiger partial charge in [-0.1, -0.05) is 26.0 Å². The Morgan fingerprint density at radius 1 is 1.08 bits per heavy atom. The van der Waals surface area contributed by atoms with Gasteiger partial charge >= 0.3 is 0 Å². The summed E-state index contributed by atoms with van der Waals surface area (Å²) in [7, 11) is 0. The Labute approximate surface area is 218 Å². The van der Waals surface area contributed by atoms with E-state index < -0.39 is 0 Å². The van der Waals surface area contributed by atoms with Crippen LogP contribution in [0.3, 0.4) is 0 Å². The van der Waals surface area contributed by atoms with Crippen LogP contribution in [0.15, 0.2) is 65.0 Å². The van der Waals surface area contributed by atoms with Gasteiger partial charge in [0.2, 0.25) is 5.91 Å². The molecule has 0 unspecified atom stereocenters. The molecule has 0 spiro atoms. The maximum absolute atomic E-state index is 13.7. The van der Waals surface area contributed by atoms with Gasteiger partial charge in [0, 0.05) is 35.7 Å². The number of nitrogens with one attached hydrogen (secondary N) is 1. The Hall–Kier alpha value is -4.11. The second-order valence-corrected chi connectivity index (χ2v) is 10.2. The van der Waals surface area contributed by atoms with Crippen molar-refractivity contribution in [2.24, 2.45) is 0 Å². The van der Waals surface area contributed by atoms with Crippen molar-refractivity contribution < 1.29 is 4.79 Å². The molecular weight excluding hydrogens is 484 g/mol. The largest absolute Gasteiger partial charge is 0.352 e. The molecule has 0 atom stereocenters. The van der Waals surface area contributed by atoms with Crippen molar-refractivity contribution in [1.29, 1.82) is 0 Å². The normalized spacial score (nSPS) is 11.4. The van der Waals surface area contributed by atoms with Crippen LogP contribution >= 0.6 is 11.3 Å². The number of carbonyl (C=O) groups is 1. The first-order valence-corrected chi connectivity index (χ1v) is 13.0. The second kappa shape index (κ2) is 10.1. The quantitative estimate of drug-likeness (QED) is 0.344. The van der Waals surface area contributed by atoms with Crippen molar-refractivity contribution in [3.63, 3.8) is 0 Å². The monoisotopic (exact) mass is 512 g/mol. The molecule has 0 bridgehead atoms. The highest BCUT2D eigenvalue weighted by molar-refractivity contribution is 7.15. The zero-order valence-electron chi connectivity index (χ0n) is 21.2. The summed E-state index contributed by atoms with van der Waals surface area (Å²) in [5, 5.41) is 9.50. The lowest BCUT2D eigenvalue weighted by atomic mass is 10.0. The van der Waals surface area contributed by atoms with Gasteiger partial charge in [-0.15, -0.1) is 11.3 Å². The third-order valence-electron chi connectivity index (χ3n) is 6.35. The molecule has 0 fully saturated rings. The minimum absolute atomic E-state index is 0.0742. The summed E-state index contributed by atoms with van der Waals surface area (Å²) in [6.07, 6.45) is 3.45. The van der Waals surface area contributed by atoms with E-state index >= 15 is 0 Å². The van der Waals surface area contributed by atoms with Crippen LogP contribution in [0.1, 0.15) is 48.0 Å². The summed E-state index contributed by atoms with van der Waals surface area (Å²) in [5.41, 5.74) is 6.06. The first-order valence-electron chi connectivity index (χ1n) is 12.1. The number of nitrogens with zero attached hydrogens (tertiary/aromatic N) is 5. The first-order chi connectivity index (χ1) is 17.8. The number of thiazole rings is 1. The van der Waals surface area contributed by atoms with Gasteiger partial charge in [0.25, 0.3) is 5.56 Å². The number of amides is 1. The highest BCUT2D eigenvalue weighted by Gasteiger charge is 2.20. The number of hydrogen-bond donors (Lipinski definition) is 1. The third kappa shape index (κ3) is 4.95. The van der Waals surface area contributed by atoms with Crippen LogP contribution < -0.4 is 10.9 Å². The van der Waals surface area contributed by atoms with Crippen LogP contribution in [0, 0.1) is 13.8 Å². The summed E-state index contributed by atoms with van der Waals surface area (Å²) >= 11 is 1.35. The summed E-state index contributed by atoms with van der Waals surface area (Å²) in [6.45, 7) is 8.51. The minimum atomic E-state index is -0.222. The molecule has 0 radical (unpaired) electrons. The smallest absolute Gasteiger partial charge is 0.268 e. The average Bonchev–Trinajstić information content (AvgIpc) is 3.46. The Balaban J connectivity index is 1.46. The number of pyridine rings is 1. The fourth-order valence-electron chi connectivity index (χ4n) is 4.31. The molecule has 9 heteroatoms.